The van der Waals surface area contributed by atoms with Gasteiger partial charge in [0.05, 0.1) is 0 Å². The van der Waals surface area contributed by atoms with Crippen LogP contribution in [0.2, 0.25) is 0 Å². The topological polar surface area (TPSA) is 76.7 Å². The van der Waals surface area contributed by atoms with Gasteiger partial charge in [-0.1, -0.05) is 46.3 Å². The van der Waals surface area contributed by atoms with Crippen LogP contribution in [0.15, 0.2) is 59.1 Å². The number of nitrogens with two attached hydrogens (primary N) is 1. The summed E-state index contributed by atoms with van der Waals surface area (Å²) in [6.07, 6.45) is 0. The van der Waals surface area contributed by atoms with Crippen molar-refractivity contribution in [3.63, 3.8) is 0 Å². The molecule has 0 bridgehead atoms. The molecule has 0 aliphatic rings. The van der Waals surface area contributed by atoms with Gasteiger partial charge in [0.15, 0.2) is 5.82 Å². The molecule has 0 atom stereocenters. The summed E-state index contributed by atoms with van der Waals surface area (Å²) in [5.41, 5.74) is 8.31. The molecule has 0 saturated heterocycles. The highest BCUT2D eigenvalue weighted by atomic mass is 79.9. The maximum atomic E-state index is 5.97. The maximum absolute atomic E-state index is 5.97. The van der Waals surface area contributed by atoms with Crippen LogP contribution in [0.4, 0.5) is 17.5 Å². The molecule has 0 aliphatic carbocycles. The molecule has 0 saturated carbocycles. The number of hydrogen-bond donors (Lipinski definition) is 2. The number of hydrogen-bond acceptors (Lipinski definition) is 5. The molecule has 104 valence electrons. The molecule has 0 radical (unpaired) electrons. The van der Waals surface area contributed by atoms with Crippen molar-refractivity contribution in [1.29, 1.82) is 0 Å². The minimum atomic E-state index is 0.343. The van der Waals surface area contributed by atoms with Crippen LogP contribution in [0.5, 0.6) is 0 Å². The zero-order chi connectivity index (χ0) is 14.7. The first kappa shape index (κ1) is 13.5. The lowest BCUT2D eigenvalue weighted by molar-refractivity contribution is 0.992. The first-order valence-electron chi connectivity index (χ1n) is 6.30. The summed E-state index contributed by atoms with van der Waals surface area (Å²) in [6, 6.07) is 17.3. The maximum Gasteiger partial charge on any atom is 0.249 e. The highest BCUT2D eigenvalue weighted by Gasteiger charge is 2.08. The van der Waals surface area contributed by atoms with Gasteiger partial charge < -0.3 is 11.1 Å². The molecule has 1 aromatic heterocycles. The van der Waals surface area contributed by atoms with Gasteiger partial charge in [-0.05, 0) is 24.3 Å². The summed E-state index contributed by atoms with van der Waals surface area (Å²) in [6.45, 7) is 0. The van der Waals surface area contributed by atoms with Crippen molar-refractivity contribution in [2.24, 2.45) is 0 Å². The van der Waals surface area contributed by atoms with Crippen molar-refractivity contribution in [2.75, 3.05) is 11.1 Å². The molecule has 0 fully saturated rings. The summed E-state index contributed by atoms with van der Waals surface area (Å²) in [7, 11) is 0. The fraction of sp³-hybridized carbons (Fsp3) is 0. The Morgan fingerprint density at radius 2 is 1.62 bits per heavy atom. The molecular weight excluding hydrogens is 330 g/mol. The molecule has 3 N–H and O–H groups in total. The number of nitrogen functional groups attached to an aromatic ring is 1. The second-order valence-corrected chi connectivity index (χ2v) is 5.28. The van der Waals surface area contributed by atoms with Crippen LogP contribution in [-0.4, -0.2) is 15.2 Å². The summed E-state index contributed by atoms with van der Waals surface area (Å²) >= 11 is 3.39. The first-order valence-corrected chi connectivity index (χ1v) is 7.10. The molecular formula is C15H12BrN5. The number of anilines is 3. The molecule has 0 amide bonds. The van der Waals surface area contributed by atoms with Crippen LogP contribution in [0, 0.1) is 0 Å². The van der Waals surface area contributed by atoms with Crippen LogP contribution in [0.1, 0.15) is 0 Å². The van der Waals surface area contributed by atoms with Crippen LogP contribution in [-0.2, 0) is 0 Å². The van der Waals surface area contributed by atoms with Crippen molar-refractivity contribution < 1.29 is 0 Å². The van der Waals surface area contributed by atoms with E-state index >= 15 is 0 Å². The minimum Gasteiger partial charge on any atom is -0.382 e. The lowest BCUT2D eigenvalue weighted by Crippen LogP contribution is -2.04. The predicted molar refractivity (Wildman–Crippen MR) is 87.1 cm³/mol. The Morgan fingerprint density at radius 1 is 0.905 bits per heavy atom. The van der Waals surface area contributed by atoms with Crippen LogP contribution >= 0.6 is 15.9 Å². The highest BCUT2D eigenvalue weighted by molar-refractivity contribution is 9.10. The van der Waals surface area contributed by atoms with E-state index in [2.05, 4.69) is 36.4 Å². The van der Waals surface area contributed by atoms with Gasteiger partial charge in [-0.15, -0.1) is 10.2 Å². The molecule has 0 aliphatic heterocycles. The van der Waals surface area contributed by atoms with Crippen molar-refractivity contribution >= 4 is 33.4 Å². The molecule has 5 nitrogen and oxygen atoms in total. The van der Waals surface area contributed by atoms with Gasteiger partial charge in [-0.3, -0.25) is 0 Å². The van der Waals surface area contributed by atoms with Crippen molar-refractivity contribution in [3.8, 4) is 11.3 Å². The molecule has 0 spiro atoms. The van der Waals surface area contributed by atoms with E-state index in [1.807, 2.05) is 54.6 Å². The Hall–Kier alpha value is -2.47. The van der Waals surface area contributed by atoms with E-state index in [0.717, 1.165) is 15.7 Å². The van der Waals surface area contributed by atoms with E-state index in [1.165, 1.54) is 0 Å². The van der Waals surface area contributed by atoms with E-state index in [1.54, 1.807) is 0 Å². The quantitative estimate of drug-likeness (QED) is 0.760. The number of halogens is 1. The van der Waals surface area contributed by atoms with Gasteiger partial charge in [0, 0.05) is 15.7 Å². The number of aromatic nitrogens is 3. The third kappa shape index (κ3) is 3.17. The summed E-state index contributed by atoms with van der Waals surface area (Å²) in [4.78, 5) is 4.25. The molecule has 1 heterocycles. The fourth-order valence-corrected chi connectivity index (χ4v) is 2.12. The van der Waals surface area contributed by atoms with Gasteiger partial charge in [0.1, 0.15) is 5.69 Å². The highest BCUT2D eigenvalue weighted by Crippen LogP contribution is 2.23. The number of rotatable bonds is 3. The lowest BCUT2D eigenvalue weighted by Gasteiger charge is -2.07. The average Bonchev–Trinajstić information content (AvgIpc) is 2.51. The number of benzene rings is 2. The molecule has 3 rings (SSSR count). The van der Waals surface area contributed by atoms with Crippen molar-refractivity contribution in [1.82, 2.24) is 15.2 Å². The Kier molecular flexibility index (Phi) is 3.79. The lowest BCUT2D eigenvalue weighted by atomic mass is 10.1. The molecule has 21 heavy (non-hydrogen) atoms. The third-order valence-corrected chi connectivity index (χ3v) is 3.39. The smallest absolute Gasteiger partial charge is 0.249 e. The molecule has 3 aromatic rings. The van der Waals surface area contributed by atoms with Gasteiger partial charge in [-0.25, -0.2) is 0 Å². The molecule has 6 heteroatoms. The first-order chi connectivity index (χ1) is 10.2. The summed E-state index contributed by atoms with van der Waals surface area (Å²) in [5, 5.41) is 11.3. The molecule has 2 aromatic carbocycles. The zero-order valence-electron chi connectivity index (χ0n) is 11.0. The van der Waals surface area contributed by atoms with E-state index < -0.39 is 0 Å². The SMILES string of the molecule is Nc1nc(Nc2ccc(Br)cc2)nnc1-c1ccccc1. The predicted octanol–water partition coefficient (Wildman–Crippen LogP) is 3.63. The van der Waals surface area contributed by atoms with Gasteiger partial charge in [-0.2, -0.15) is 4.98 Å². The third-order valence-electron chi connectivity index (χ3n) is 2.86. The van der Waals surface area contributed by atoms with Gasteiger partial charge >= 0.3 is 0 Å². The normalized spacial score (nSPS) is 10.3. The van der Waals surface area contributed by atoms with Crippen LogP contribution in [0.25, 0.3) is 11.3 Å². The Morgan fingerprint density at radius 3 is 2.29 bits per heavy atom. The standard InChI is InChI=1S/C15H12BrN5/c16-11-6-8-12(9-7-11)18-15-19-14(17)13(20-21-15)10-4-2-1-3-5-10/h1-9H,(H3,17,18,19,21). The second-order valence-electron chi connectivity index (χ2n) is 4.37. The summed E-state index contributed by atoms with van der Waals surface area (Å²) < 4.78 is 1.01. The zero-order valence-corrected chi connectivity index (χ0v) is 12.6. The Balaban J connectivity index is 1.86. The van der Waals surface area contributed by atoms with E-state index in [4.69, 9.17) is 5.73 Å². The van der Waals surface area contributed by atoms with E-state index in [0.29, 0.717) is 17.5 Å². The number of nitrogens with zero attached hydrogens (tertiary/aromatic N) is 3. The average molecular weight is 342 g/mol. The largest absolute Gasteiger partial charge is 0.382 e. The molecule has 0 unspecified atom stereocenters. The fourth-order valence-electron chi connectivity index (χ4n) is 1.85. The monoisotopic (exact) mass is 341 g/mol. The van der Waals surface area contributed by atoms with Crippen LogP contribution < -0.4 is 11.1 Å². The van der Waals surface area contributed by atoms with Crippen LogP contribution in [0.3, 0.4) is 0 Å². The second kappa shape index (κ2) is 5.88. The Labute approximate surface area is 130 Å². The van der Waals surface area contributed by atoms with Crippen molar-refractivity contribution in [2.45, 2.75) is 0 Å². The van der Waals surface area contributed by atoms with Gasteiger partial charge in [0.2, 0.25) is 5.95 Å². The van der Waals surface area contributed by atoms with E-state index in [9.17, 15) is 0 Å². The number of nitrogens with one attached hydrogen (secondary N) is 1. The minimum absolute atomic E-state index is 0.343. The van der Waals surface area contributed by atoms with E-state index in [-0.39, 0.29) is 0 Å². The summed E-state index contributed by atoms with van der Waals surface area (Å²) in [5.74, 6) is 0.713. The van der Waals surface area contributed by atoms with Crippen molar-refractivity contribution in [3.05, 3.63) is 59.1 Å². The van der Waals surface area contributed by atoms with Gasteiger partial charge in [0.25, 0.3) is 0 Å². The Bertz CT molecular complexity index is 744.